The summed E-state index contributed by atoms with van der Waals surface area (Å²) in [6, 6.07) is 12.9. The summed E-state index contributed by atoms with van der Waals surface area (Å²) in [4.78, 5) is 33.4. The van der Waals surface area contributed by atoms with Crippen LogP contribution < -0.4 is 15.6 Å². The number of nitrogens with one attached hydrogen (secondary N) is 2. The maximum atomic E-state index is 11.7. The van der Waals surface area contributed by atoms with Crippen LogP contribution in [-0.4, -0.2) is 23.3 Å². The molecule has 2 aromatic rings. The van der Waals surface area contributed by atoms with E-state index in [0.717, 1.165) is 5.56 Å². The Labute approximate surface area is 149 Å². The minimum absolute atomic E-state index is 0.0347. The fraction of sp³-hybridized carbons (Fsp3) is 0.111. The van der Waals surface area contributed by atoms with Gasteiger partial charge in [0.1, 0.15) is 5.75 Å². The van der Waals surface area contributed by atoms with Gasteiger partial charge in [-0.05, 0) is 48.4 Å². The predicted octanol–water partition coefficient (Wildman–Crippen LogP) is 2.14. The van der Waals surface area contributed by atoms with E-state index in [1.54, 1.807) is 12.1 Å². The van der Waals surface area contributed by atoms with Gasteiger partial charge in [0.15, 0.2) is 6.61 Å². The van der Waals surface area contributed by atoms with E-state index in [1.807, 2.05) is 19.1 Å². The molecule has 0 radical (unpaired) electrons. The van der Waals surface area contributed by atoms with Crippen molar-refractivity contribution < 1.29 is 19.2 Å². The molecule has 0 aliphatic heterocycles. The number of nitro benzene ring substituents is 1. The summed E-state index contributed by atoms with van der Waals surface area (Å²) in [7, 11) is 0. The predicted molar refractivity (Wildman–Crippen MR) is 95.1 cm³/mol. The number of rotatable bonds is 6. The second-order valence-electron chi connectivity index (χ2n) is 5.32. The molecule has 0 aliphatic rings. The highest BCUT2D eigenvalue weighted by Gasteiger charge is 2.05. The summed E-state index contributed by atoms with van der Waals surface area (Å²) in [6.45, 7) is 1.67. The lowest BCUT2D eigenvalue weighted by molar-refractivity contribution is -0.384. The number of hydrogen-bond donors (Lipinski definition) is 2. The molecule has 8 heteroatoms. The third-order valence-corrected chi connectivity index (χ3v) is 3.22. The normalized spacial score (nSPS) is 10.3. The number of non-ortho nitro benzene ring substituents is 1. The Morgan fingerprint density at radius 2 is 1.88 bits per heavy atom. The highest BCUT2D eigenvalue weighted by Crippen LogP contribution is 2.13. The van der Waals surface area contributed by atoms with Gasteiger partial charge in [-0.1, -0.05) is 12.1 Å². The molecule has 0 saturated heterocycles. The van der Waals surface area contributed by atoms with Crippen LogP contribution in [0.5, 0.6) is 5.75 Å². The second-order valence-corrected chi connectivity index (χ2v) is 5.32. The Morgan fingerprint density at radius 3 is 2.54 bits per heavy atom. The summed E-state index contributed by atoms with van der Waals surface area (Å²) in [5.41, 5.74) is 6.02. The monoisotopic (exact) mass is 355 g/mol. The van der Waals surface area contributed by atoms with E-state index < -0.39 is 16.7 Å². The van der Waals surface area contributed by atoms with Crippen molar-refractivity contribution in [3.8, 4) is 5.75 Å². The van der Waals surface area contributed by atoms with Gasteiger partial charge in [0.05, 0.1) is 4.92 Å². The zero-order valence-corrected chi connectivity index (χ0v) is 14.0. The van der Waals surface area contributed by atoms with E-state index in [4.69, 9.17) is 4.74 Å². The number of nitrogens with zero attached hydrogens (tertiary/aromatic N) is 1. The number of nitro groups is 1. The molecular weight excluding hydrogens is 338 g/mol. The maximum Gasteiger partial charge on any atom is 0.276 e. The lowest BCUT2D eigenvalue weighted by atomic mass is 10.2. The first-order valence-corrected chi connectivity index (χ1v) is 7.65. The van der Waals surface area contributed by atoms with Crippen LogP contribution in [0, 0.1) is 17.0 Å². The number of hydrazine groups is 1. The molecule has 2 N–H and O–H groups in total. The highest BCUT2D eigenvalue weighted by molar-refractivity contribution is 5.93. The van der Waals surface area contributed by atoms with Crippen molar-refractivity contribution in [2.75, 3.05) is 6.61 Å². The van der Waals surface area contributed by atoms with Crippen molar-refractivity contribution in [3.05, 3.63) is 75.8 Å². The Kier molecular flexibility index (Phi) is 6.44. The topological polar surface area (TPSA) is 111 Å². The number of aryl methyl sites for hydroxylation is 1. The fourth-order valence-electron chi connectivity index (χ4n) is 1.94. The average molecular weight is 355 g/mol. The molecule has 0 bridgehead atoms. The molecule has 0 spiro atoms. The van der Waals surface area contributed by atoms with Gasteiger partial charge >= 0.3 is 0 Å². The number of carbonyl (C=O) groups excluding carboxylic acids is 2. The molecule has 0 atom stereocenters. The van der Waals surface area contributed by atoms with Crippen molar-refractivity contribution in [1.82, 2.24) is 10.9 Å². The number of ether oxygens (including phenoxy) is 1. The zero-order valence-electron chi connectivity index (χ0n) is 14.0. The molecule has 2 aromatic carbocycles. The van der Waals surface area contributed by atoms with Crippen LogP contribution in [-0.2, 0) is 9.59 Å². The second kappa shape index (κ2) is 8.97. The minimum atomic E-state index is -0.549. The van der Waals surface area contributed by atoms with Crippen LogP contribution in [0.15, 0.2) is 54.6 Å². The average Bonchev–Trinajstić information content (AvgIpc) is 2.63. The van der Waals surface area contributed by atoms with E-state index in [2.05, 4.69) is 10.9 Å². The Bertz CT molecular complexity index is 831. The van der Waals surface area contributed by atoms with Gasteiger partial charge in [-0.15, -0.1) is 0 Å². The van der Waals surface area contributed by atoms with Crippen molar-refractivity contribution in [1.29, 1.82) is 0 Å². The van der Waals surface area contributed by atoms with Gasteiger partial charge in [0.25, 0.3) is 17.5 Å². The third-order valence-electron chi connectivity index (χ3n) is 3.22. The maximum absolute atomic E-state index is 11.7. The summed E-state index contributed by atoms with van der Waals surface area (Å²) in [5.74, 6) is -0.500. The van der Waals surface area contributed by atoms with Crippen LogP contribution in [0.3, 0.4) is 0 Å². The number of hydrogen-bond acceptors (Lipinski definition) is 5. The highest BCUT2D eigenvalue weighted by atomic mass is 16.6. The van der Waals surface area contributed by atoms with Gasteiger partial charge < -0.3 is 4.74 Å². The van der Waals surface area contributed by atoms with Crippen LogP contribution in [0.25, 0.3) is 6.08 Å². The minimum Gasteiger partial charge on any atom is -0.484 e. The number of amides is 2. The van der Waals surface area contributed by atoms with E-state index in [0.29, 0.717) is 11.3 Å². The van der Waals surface area contributed by atoms with Gasteiger partial charge in [-0.2, -0.15) is 0 Å². The first kappa shape index (κ1) is 18.7. The fourth-order valence-corrected chi connectivity index (χ4v) is 1.94. The Hall–Kier alpha value is -3.68. The van der Waals surface area contributed by atoms with Crippen molar-refractivity contribution in [2.45, 2.75) is 6.92 Å². The number of carbonyl (C=O) groups is 2. The smallest absolute Gasteiger partial charge is 0.276 e. The molecule has 0 aromatic heterocycles. The molecule has 0 unspecified atom stereocenters. The molecule has 0 saturated carbocycles. The van der Waals surface area contributed by atoms with Crippen LogP contribution in [0.2, 0.25) is 0 Å². The first-order valence-electron chi connectivity index (χ1n) is 7.65. The zero-order chi connectivity index (χ0) is 18.9. The molecule has 8 nitrogen and oxygen atoms in total. The van der Waals surface area contributed by atoms with E-state index in [-0.39, 0.29) is 12.3 Å². The molecule has 0 fully saturated rings. The van der Waals surface area contributed by atoms with Crippen LogP contribution >= 0.6 is 0 Å². The molecule has 2 amide bonds. The van der Waals surface area contributed by atoms with Crippen LogP contribution in [0.4, 0.5) is 5.69 Å². The summed E-state index contributed by atoms with van der Waals surface area (Å²) in [5, 5.41) is 10.6. The lowest BCUT2D eigenvalue weighted by Gasteiger charge is -2.08. The van der Waals surface area contributed by atoms with Gasteiger partial charge in [-0.25, -0.2) is 0 Å². The van der Waals surface area contributed by atoms with Crippen LogP contribution in [0.1, 0.15) is 11.1 Å². The molecule has 0 aliphatic carbocycles. The van der Waals surface area contributed by atoms with Crippen molar-refractivity contribution >= 4 is 23.6 Å². The van der Waals surface area contributed by atoms with E-state index in [9.17, 15) is 19.7 Å². The summed E-state index contributed by atoms with van der Waals surface area (Å²) < 4.78 is 5.30. The molecule has 0 heterocycles. The first-order chi connectivity index (χ1) is 12.4. The molecular formula is C18H17N3O5. The molecule has 26 heavy (non-hydrogen) atoms. The standard InChI is InChI=1S/C18H17N3O5/c1-13-3-2-4-16(11-13)26-12-18(23)20-19-17(22)10-7-14-5-8-15(9-6-14)21(24)25/h2-11H,12H2,1H3,(H,19,22)(H,20,23)/b10-7+. The summed E-state index contributed by atoms with van der Waals surface area (Å²) >= 11 is 0. The van der Waals surface area contributed by atoms with Crippen molar-refractivity contribution in [3.63, 3.8) is 0 Å². The largest absolute Gasteiger partial charge is 0.484 e. The SMILES string of the molecule is Cc1cccc(OCC(=O)NNC(=O)/C=C/c2ccc([N+](=O)[O-])cc2)c1. The van der Waals surface area contributed by atoms with Crippen molar-refractivity contribution in [2.24, 2.45) is 0 Å². The van der Waals surface area contributed by atoms with E-state index in [1.165, 1.54) is 36.4 Å². The van der Waals surface area contributed by atoms with Gasteiger partial charge in [0, 0.05) is 18.2 Å². The molecule has 2 rings (SSSR count). The van der Waals surface area contributed by atoms with E-state index >= 15 is 0 Å². The van der Waals surface area contributed by atoms with Gasteiger partial charge in [-0.3, -0.25) is 30.6 Å². The third kappa shape index (κ3) is 6.08. The Balaban J connectivity index is 1.75. The molecule has 134 valence electrons. The number of benzene rings is 2. The van der Waals surface area contributed by atoms with Gasteiger partial charge in [0.2, 0.25) is 0 Å². The lowest BCUT2D eigenvalue weighted by Crippen LogP contribution is -2.43. The quantitative estimate of drug-likeness (QED) is 0.468. The summed E-state index contributed by atoms with van der Waals surface area (Å²) in [6.07, 6.45) is 2.66. The Morgan fingerprint density at radius 1 is 1.15 bits per heavy atom.